The van der Waals surface area contributed by atoms with Gasteiger partial charge < -0.3 is 16.4 Å². The van der Waals surface area contributed by atoms with E-state index in [1.807, 2.05) is 24.9 Å². The van der Waals surface area contributed by atoms with E-state index in [9.17, 15) is 4.79 Å². The smallest absolute Gasteiger partial charge is 0.248 e. The van der Waals surface area contributed by atoms with Gasteiger partial charge in [0, 0.05) is 24.4 Å². The van der Waals surface area contributed by atoms with Crippen molar-refractivity contribution in [2.45, 2.75) is 12.5 Å². The summed E-state index contributed by atoms with van der Waals surface area (Å²) in [6.45, 7) is 0. The van der Waals surface area contributed by atoms with Crippen LogP contribution in [0.2, 0.25) is 0 Å². The molecular formula is C12H17N3OS. The molecule has 1 aromatic rings. The molecule has 1 atom stereocenters. The fraction of sp³-hybridized carbons (Fsp3) is 0.417. The molecule has 92 valence electrons. The molecule has 0 spiro atoms. The molecule has 1 heterocycles. The number of nitrogens with two attached hydrogens (primary N) is 2. The zero-order valence-electron chi connectivity index (χ0n) is 9.85. The third kappa shape index (κ3) is 2.49. The van der Waals surface area contributed by atoms with Gasteiger partial charge in [-0.25, -0.2) is 0 Å². The van der Waals surface area contributed by atoms with Crippen LogP contribution < -0.4 is 16.4 Å². The number of hydrogen-bond acceptors (Lipinski definition) is 4. The number of anilines is 2. The number of primary amides is 1. The van der Waals surface area contributed by atoms with Crippen LogP contribution in [0.25, 0.3) is 0 Å². The number of carbonyl (C=O) groups excluding carboxylic acids is 1. The van der Waals surface area contributed by atoms with Crippen molar-refractivity contribution >= 4 is 29.0 Å². The first-order valence-corrected chi connectivity index (χ1v) is 6.75. The molecule has 1 amide bonds. The monoisotopic (exact) mass is 251 g/mol. The molecule has 5 heteroatoms. The molecule has 2 rings (SSSR count). The third-order valence-corrected chi connectivity index (χ3v) is 4.29. The average molecular weight is 251 g/mol. The van der Waals surface area contributed by atoms with Crippen LogP contribution in [-0.4, -0.2) is 30.5 Å². The molecule has 0 saturated carbocycles. The summed E-state index contributed by atoms with van der Waals surface area (Å²) < 4.78 is 0. The molecule has 1 fully saturated rings. The average Bonchev–Trinajstić information content (AvgIpc) is 2.81. The van der Waals surface area contributed by atoms with E-state index in [4.69, 9.17) is 11.5 Å². The Hall–Kier alpha value is -1.36. The second kappa shape index (κ2) is 4.87. The van der Waals surface area contributed by atoms with Crippen molar-refractivity contribution in [1.29, 1.82) is 0 Å². The van der Waals surface area contributed by atoms with Crippen molar-refractivity contribution < 1.29 is 4.79 Å². The van der Waals surface area contributed by atoms with Crippen LogP contribution in [0.15, 0.2) is 18.2 Å². The van der Waals surface area contributed by atoms with Crippen LogP contribution in [0, 0.1) is 0 Å². The lowest BCUT2D eigenvalue weighted by Gasteiger charge is -2.27. The molecule has 4 N–H and O–H groups in total. The van der Waals surface area contributed by atoms with Gasteiger partial charge in [0.25, 0.3) is 0 Å². The lowest BCUT2D eigenvalue weighted by Crippen LogP contribution is -2.31. The SMILES string of the molecule is CN(c1ccc(C(N)=O)cc1N)C1CCSC1. The van der Waals surface area contributed by atoms with Gasteiger partial charge in [-0.05, 0) is 30.4 Å². The zero-order valence-corrected chi connectivity index (χ0v) is 10.7. The Morgan fingerprint density at radius 2 is 2.29 bits per heavy atom. The van der Waals surface area contributed by atoms with E-state index >= 15 is 0 Å². The quantitative estimate of drug-likeness (QED) is 0.794. The molecular weight excluding hydrogens is 234 g/mol. The summed E-state index contributed by atoms with van der Waals surface area (Å²) in [4.78, 5) is 13.2. The van der Waals surface area contributed by atoms with Gasteiger partial charge >= 0.3 is 0 Å². The Morgan fingerprint density at radius 3 is 2.82 bits per heavy atom. The third-order valence-electron chi connectivity index (χ3n) is 3.15. The molecule has 1 aliphatic heterocycles. The van der Waals surface area contributed by atoms with Gasteiger partial charge in [0.15, 0.2) is 0 Å². The number of carbonyl (C=O) groups is 1. The Bertz CT molecular complexity index is 430. The molecule has 0 aliphatic carbocycles. The Morgan fingerprint density at radius 1 is 1.53 bits per heavy atom. The van der Waals surface area contributed by atoms with Crippen LogP contribution in [-0.2, 0) is 0 Å². The Balaban J connectivity index is 2.23. The summed E-state index contributed by atoms with van der Waals surface area (Å²) in [6, 6.07) is 5.78. The fourth-order valence-electron chi connectivity index (χ4n) is 2.05. The number of nitrogens with zero attached hydrogens (tertiary/aromatic N) is 1. The maximum Gasteiger partial charge on any atom is 0.248 e. The first-order valence-electron chi connectivity index (χ1n) is 5.59. The number of benzene rings is 1. The Kier molecular flexibility index (Phi) is 3.47. The van der Waals surface area contributed by atoms with Gasteiger partial charge in [0.05, 0.1) is 11.4 Å². The second-order valence-electron chi connectivity index (χ2n) is 4.27. The van der Waals surface area contributed by atoms with Gasteiger partial charge in [0.2, 0.25) is 5.91 Å². The van der Waals surface area contributed by atoms with E-state index in [-0.39, 0.29) is 0 Å². The number of nitrogen functional groups attached to an aromatic ring is 1. The summed E-state index contributed by atoms with van der Waals surface area (Å²) in [6.07, 6.45) is 1.18. The highest BCUT2D eigenvalue weighted by Crippen LogP contribution is 2.30. The maximum atomic E-state index is 11.0. The lowest BCUT2D eigenvalue weighted by atomic mass is 10.1. The topological polar surface area (TPSA) is 72.3 Å². The maximum absolute atomic E-state index is 11.0. The number of thioether (sulfide) groups is 1. The number of rotatable bonds is 3. The van der Waals surface area contributed by atoms with Crippen molar-refractivity contribution in [3.05, 3.63) is 23.8 Å². The van der Waals surface area contributed by atoms with Crippen molar-refractivity contribution in [3.63, 3.8) is 0 Å². The predicted molar refractivity (Wildman–Crippen MR) is 73.5 cm³/mol. The molecule has 17 heavy (non-hydrogen) atoms. The van der Waals surface area contributed by atoms with E-state index in [2.05, 4.69) is 4.90 Å². The van der Waals surface area contributed by atoms with Crippen LogP contribution in [0.3, 0.4) is 0 Å². The first-order chi connectivity index (χ1) is 8.09. The standard InChI is InChI=1S/C12H17N3OS/c1-15(9-4-5-17-7-9)11-3-2-8(12(14)16)6-10(11)13/h2-3,6,9H,4-5,7,13H2,1H3,(H2,14,16). The highest BCUT2D eigenvalue weighted by atomic mass is 32.2. The van der Waals surface area contributed by atoms with E-state index in [0.29, 0.717) is 17.3 Å². The molecule has 0 bridgehead atoms. The minimum atomic E-state index is -0.442. The van der Waals surface area contributed by atoms with Crippen molar-refractivity contribution in [3.8, 4) is 0 Å². The van der Waals surface area contributed by atoms with Crippen LogP contribution in [0.5, 0.6) is 0 Å². The van der Waals surface area contributed by atoms with E-state index in [1.165, 1.54) is 12.2 Å². The summed E-state index contributed by atoms with van der Waals surface area (Å²) >= 11 is 1.96. The molecule has 4 nitrogen and oxygen atoms in total. The van der Waals surface area contributed by atoms with E-state index in [1.54, 1.807) is 12.1 Å². The second-order valence-corrected chi connectivity index (χ2v) is 5.42. The van der Waals surface area contributed by atoms with Gasteiger partial charge in [-0.15, -0.1) is 0 Å². The first kappa shape index (κ1) is 12.1. The zero-order chi connectivity index (χ0) is 12.4. The predicted octanol–water partition coefficient (Wildman–Crippen LogP) is 1.31. The summed E-state index contributed by atoms with van der Waals surface area (Å²) in [7, 11) is 2.05. The van der Waals surface area contributed by atoms with Crippen LogP contribution in [0.4, 0.5) is 11.4 Å². The Labute approximate surface area is 105 Å². The fourth-order valence-corrected chi connectivity index (χ4v) is 3.32. The number of hydrogen-bond donors (Lipinski definition) is 2. The van der Waals surface area contributed by atoms with Crippen molar-refractivity contribution in [2.24, 2.45) is 5.73 Å². The summed E-state index contributed by atoms with van der Waals surface area (Å²) in [5.41, 5.74) is 13.2. The molecule has 1 aromatic carbocycles. The summed E-state index contributed by atoms with van der Waals surface area (Å²) in [5.74, 6) is 1.89. The minimum absolute atomic E-state index is 0.442. The number of amides is 1. The molecule has 0 aromatic heterocycles. The largest absolute Gasteiger partial charge is 0.397 e. The van der Waals surface area contributed by atoms with Crippen LogP contribution in [0.1, 0.15) is 16.8 Å². The highest BCUT2D eigenvalue weighted by molar-refractivity contribution is 7.99. The van der Waals surface area contributed by atoms with Crippen molar-refractivity contribution in [2.75, 3.05) is 29.2 Å². The van der Waals surface area contributed by atoms with Crippen molar-refractivity contribution in [1.82, 2.24) is 0 Å². The highest BCUT2D eigenvalue weighted by Gasteiger charge is 2.21. The van der Waals surface area contributed by atoms with Gasteiger partial charge in [-0.3, -0.25) is 4.79 Å². The lowest BCUT2D eigenvalue weighted by molar-refractivity contribution is 0.100. The van der Waals surface area contributed by atoms with Gasteiger partial charge in [-0.1, -0.05) is 0 Å². The van der Waals surface area contributed by atoms with Gasteiger partial charge in [-0.2, -0.15) is 11.8 Å². The van der Waals surface area contributed by atoms with E-state index in [0.717, 1.165) is 11.4 Å². The summed E-state index contributed by atoms with van der Waals surface area (Å²) in [5, 5.41) is 0. The minimum Gasteiger partial charge on any atom is -0.397 e. The van der Waals surface area contributed by atoms with Crippen LogP contribution >= 0.6 is 11.8 Å². The van der Waals surface area contributed by atoms with E-state index < -0.39 is 5.91 Å². The normalized spacial score (nSPS) is 19.2. The molecule has 1 saturated heterocycles. The molecule has 0 radical (unpaired) electrons. The molecule has 1 aliphatic rings. The molecule has 1 unspecified atom stereocenters. The van der Waals surface area contributed by atoms with Gasteiger partial charge in [0.1, 0.15) is 0 Å².